The fraction of sp³-hybridized carbons (Fsp3) is 0.474. The fourth-order valence-electron chi connectivity index (χ4n) is 9.85. The molecule has 1 saturated heterocycles. The molecular weight excluding hydrogens is 1150 g/mol. The van der Waals surface area contributed by atoms with Crippen molar-refractivity contribution in [3.63, 3.8) is 0 Å². The quantitative estimate of drug-likeness (QED) is 0.00738. The van der Waals surface area contributed by atoms with Gasteiger partial charge in [0, 0.05) is 104 Å². The van der Waals surface area contributed by atoms with Gasteiger partial charge in [-0.1, -0.05) is 35.1 Å². The summed E-state index contributed by atoms with van der Waals surface area (Å²) in [4.78, 5) is 108. The van der Waals surface area contributed by atoms with Crippen molar-refractivity contribution in [2.75, 3.05) is 74.9 Å². The third-order valence-electron chi connectivity index (χ3n) is 14.1. The van der Waals surface area contributed by atoms with Crippen LogP contribution in [0.1, 0.15) is 95.8 Å². The van der Waals surface area contributed by atoms with Crippen LogP contribution in [0.3, 0.4) is 0 Å². The Hall–Kier alpha value is -6.34. The van der Waals surface area contributed by atoms with Crippen molar-refractivity contribution in [1.82, 2.24) is 41.0 Å². The van der Waals surface area contributed by atoms with E-state index < -0.39 is 77.3 Å². The van der Waals surface area contributed by atoms with E-state index in [1.165, 1.54) is 15.7 Å². The van der Waals surface area contributed by atoms with Crippen LogP contribution in [0.25, 0.3) is 33.4 Å². The lowest BCUT2D eigenvalue weighted by atomic mass is 9.90. The fourth-order valence-corrected chi connectivity index (χ4v) is 12.9. The maximum atomic E-state index is 14.9. The predicted octanol–water partition coefficient (Wildman–Crippen LogP) is 5.07. The number of anilines is 1. The Balaban J connectivity index is 1.04. The minimum Gasteiger partial charge on any atom is -0.748 e. The maximum absolute atomic E-state index is 14.9. The molecule has 22 nitrogen and oxygen atoms in total. The summed E-state index contributed by atoms with van der Waals surface area (Å²) >= 11 is 0. The number of nitrogens with zero attached hydrogens (tertiary/aromatic N) is 4. The normalized spacial score (nSPS) is 14.2. The van der Waals surface area contributed by atoms with Crippen LogP contribution >= 0.6 is 29.2 Å². The number of carbonyl (C=O) groups excluding carboxylic acids is 6. The highest BCUT2D eigenvalue weighted by molar-refractivity contribution is 8.76. The molecule has 0 radical (unpaired) electrons. The van der Waals surface area contributed by atoms with Gasteiger partial charge >= 0.3 is 7.60 Å². The van der Waals surface area contributed by atoms with Crippen LogP contribution in [0.15, 0.2) is 94.5 Å². The number of fused-ring (bicyclic) bond motifs is 2. The van der Waals surface area contributed by atoms with Gasteiger partial charge in [-0.25, -0.2) is 18.0 Å². The molecule has 83 heavy (non-hydrogen) atoms. The number of nitrogens with one attached hydrogen (secondary N) is 5. The Bertz CT molecular complexity index is 3250. The Morgan fingerprint density at radius 3 is 2.17 bits per heavy atom. The average Bonchev–Trinajstić information content (AvgIpc) is 4.14. The molecule has 2 aliphatic heterocycles. The monoisotopic (exact) mass is 1220 g/mol. The van der Waals surface area contributed by atoms with Gasteiger partial charge < -0.3 is 55.1 Å². The Morgan fingerprint density at radius 2 is 1.51 bits per heavy atom. The first-order chi connectivity index (χ1) is 39.7. The molecule has 1 aliphatic carbocycles. The van der Waals surface area contributed by atoms with Crippen LogP contribution in [0, 0.1) is 0 Å². The summed E-state index contributed by atoms with van der Waals surface area (Å²) in [6.45, 7) is 12.1. The molecule has 3 heterocycles. The van der Waals surface area contributed by atoms with E-state index in [0.29, 0.717) is 54.0 Å². The molecule has 0 spiro atoms. The molecule has 450 valence electrons. The second-order valence-corrected chi connectivity index (χ2v) is 25.5. The van der Waals surface area contributed by atoms with E-state index in [2.05, 4.69) is 68.7 Å². The number of hydrogen-bond acceptors (Lipinski definition) is 15. The standard InChI is InChI=1S/C57H76N9O13PS3/c1-5-64(6-2)39-24-26-43-48(36-39)79-49-37-40(65(7-3)8-4)25-27-44(49)53(43)41-18-9-10-19-42(41)57(72)66-33-17-20-47(66)56(71)63-46(38-83(76,77)78)55(70)61-31-15-12-22-51(68)62-45(28-34-80(73,74)75)54(69)60-30-14-11-21-50(67)58-32-35-81-82-52-23-13-16-29-59-52/h9-10,13,16,18-19,23-27,29,36-37,45-47H,5-8,11-12,14-15,17,20-22,28,30-35,38H2,1-4H3,(H7-,58,60,61,62,63,67,68,69,70,71,73,74,75,76,77,78). The second-order valence-electron chi connectivity index (χ2n) is 19.9. The smallest absolute Gasteiger partial charge is 0.325 e. The molecule has 6 amide bonds. The molecule has 3 aliphatic rings. The Morgan fingerprint density at radius 1 is 0.819 bits per heavy atom. The highest BCUT2D eigenvalue weighted by Crippen LogP contribution is 2.43. The first kappa shape index (κ1) is 65.8. The lowest BCUT2D eigenvalue weighted by Gasteiger charge is -2.28. The van der Waals surface area contributed by atoms with Gasteiger partial charge in [0.15, 0.2) is 0 Å². The van der Waals surface area contributed by atoms with E-state index in [4.69, 9.17) is 4.42 Å². The van der Waals surface area contributed by atoms with E-state index in [-0.39, 0.29) is 64.1 Å². The van der Waals surface area contributed by atoms with E-state index in [1.807, 2.05) is 66.7 Å². The topological polar surface area (TPSA) is 313 Å². The van der Waals surface area contributed by atoms with Crippen LogP contribution in [0.5, 0.6) is 0 Å². The van der Waals surface area contributed by atoms with Crippen LogP contribution in [-0.2, 0) is 38.7 Å². The lowest BCUT2D eigenvalue weighted by Crippen LogP contribution is -2.55. The number of hydrogen-bond donors (Lipinski definition) is 7. The highest BCUT2D eigenvalue weighted by Gasteiger charge is 2.38. The second kappa shape index (κ2) is 32.1. The summed E-state index contributed by atoms with van der Waals surface area (Å²) < 4.78 is 56.9. The van der Waals surface area contributed by atoms with Gasteiger partial charge in [0.05, 0.1) is 28.1 Å². The first-order valence-corrected chi connectivity index (χ1v) is 33.8. The van der Waals surface area contributed by atoms with Crippen molar-refractivity contribution in [3.05, 3.63) is 96.0 Å². The molecule has 26 heteroatoms. The van der Waals surface area contributed by atoms with E-state index >= 15 is 0 Å². The average molecular weight is 1220 g/mol. The zero-order valence-corrected chi connectivity index (χ0v) is 50.6. The minimum absolute atomic E-state index is 0.115. The van der Waals surface area contributed by atoms with Crippen LogP contribution in [0.2, 0.25) is 0 Å². The molecule has 3 atom stereocenters. The lowest BCUT2D eigenvalue weighted by molar-refractivity contribution is -0.130. The molecule has 0 bridgehead atoms. The maximum Gasteiger partial charge on any atom is 0.325 e. The van der Waals surface area contributed by atoms with E-state index in [0.717, 1.165) is 58.8 Å². The van der Waals surface area contributed by atoms with Crippen LogP contribution in [0.4, 0.5) is 5.69 Å². The number of amides is 6. The van der Waals surface area contributed by atoms with Crippen molar-refractivity contribution in [1.29, 1.82) is 0 Å². The number of aromatic nitrogens is 1. The van der Waals surface area contributed by atoms with Gasteiger partial charge in [-0.15, -0.1) is 0 Å². The van der Waals surface area contributed by atoms with Crippen molar-refractivity contribution in [2.45, 2.75) is 109 Å². The summed E-state index contributed by atoms with van der Waals surface area (Å²) in [5.74, 6) is -3.69. The molecule has 1 aromatic heterocycles. The van der Waals surface area contributed by atoms with Gasteiger partial charge in [0.1, 0.15) is 47.6 Å². The summed E-state index contributed by atoms with van der Waals surface area (Å²) in [7, 11) is -6.55. The third kappa shape index (κ3) is 19.9. The molecule has 1 fully saturated rings. The number of carbonyl (C=O) groups is 6. The third-order valence-corrected chi connectivity index (χ3v) is 18.0. The van der Waals surface area contributed by atoms with E-state index in [1.54, 1.807) is 29.1 Å². The molecule has 3 aromatic rings. The van der Waals surface area contributed by atoms with Gasteiger partial charge in [0.25, 0.3) is 5.91 Å². The van der Waals surface area contributed by atoms with Crippen LogP contribution in [-0.4, -0.2) is 156 Å². The van der Waals surface area contributed by atoms with Crippen LogP contribution < -0.4 is 41.4 Å². The predicted molar refractivity (Wildman–Crippen MR) is 321 cm³/mol. The largest absolute Gasteiger partial charge is 0.748 e. The molecule has 2 aromatic carbocycles. The van der Waals surface area contributed by atoms with Crippen molar-refractivity contribution >= 4 is 91.4 Å². The SMILES string of the molecule is CCN(CC)c1ccc2c(-c3ccccc3C(=O)N3CCCC3C(=O)NC(CS(=O)(=O)[O-])C(=O)NCCCCC(=O)NC(CCP(=O)(O)O)C(=O)NCCCCC(=O)NCCSSc3ccccn3)c3ccc(=[N+](CC)CC)cc-3oc2c1. The minimum atomic E-state index is -5.08. The Kier molecular flexibility index (Phi) is 25.4. The number of unbranched alkanes of at least 4 members (excludes halogenated alkanes) is 2. The number of benzene rings is 3. The zero-order chi connectivity index (χ0) is 60.1. The Labute approximate surface area is 492 Å². The van der Waals surface area contributed by atoms with Gasteiger partial charge in [-0.05, 0) is 125 Å². The molecule has 3 unspecified atom stereocenters. The van der Waals surface area contributed by atoms with Gasteiger partial charge in [0.2, 0.25) is 34.9 Å². The summed E-state index contributed by atoms with van der Waals surface area (Å²) in [5.41, 5.74) is 4.01. The van der Waals surface area contributed by atoms with Crippen molar-refractivity contribution < 1.29 is 60.5 Å². The zero-order valence-electron chi connectivity index (χ0n) is 47.3. The molecule has 0 saturated carbocycles. The van der Waals surface area contributed by atoms with Gasteiger partial charge in [-0.2, -0.15) is 0 Å². The number of pyridine rings is 1. The summed E-state index contributed by atoms with van der Waals surface area (Å²) in [6, 6.07) is 20.5. The molecular formula is C57H76N9O13PS3. The van der Waals surface area contributed by atoms with Crippen molar-refractivity contribution in [2.24, 2.45) is 0 Å². The summed E-state index contributed by atoms with van der Waals surface area (Å²) in [5, 5.41) is 15.6. The highest BCUT2D eigenvalue weighted by atomic mass is 33.1. The number of rotatable bonds is 32. The van der Waals surface area contributed by atoms with E-state index in [9.17, 15) is 56.1 Å². The van der Waals surface area contributed by atoms with Crippen molar-refractivity contribution in [3.8, 4) is 22.5 Å². The molecule has 6 rings (SSSR count). The van der Waals surface area contributed by atoms with Gasteiger partial charge in [-0.3, -0.25) is 33.3 Å². The summed E-state index contributed by atoms with van der Waals surface area (Å²) in [6.07, 6.45) is 2.50. The first-order valence-electron chi connectivity index (χ1n) is 28.1. The molecule has 7 N–H and O–H groups in total. The number of likely N-dealkylation sites (tertiary alicyclic amines) is 1.